The van der Waals surface area contributed by atoms with Gasteiger partial charge in [0.2, 0.25) is 5.91 Å². The minimum atomic E-state index is -0.866. The summed E-state index contributed by atoms with van der Waals surface area (Å²) in [5.41, 5.74) is 5.72. The highest BCUT2D eigenvalue weighted by Gasteiger charge is 2.33. The van der Waals surface area contributed by atoms with E-state index in [2.05, 4.69) is 5.32 Å². The number of rotatable bonds is 7. The minimum absolute atomic E-state index is 0.0945. The molecule has 0 spiro atoms. The van der Waals surface area contributed by atoms with Gasteiger partial charge in [0.25, 0.3) is 0 Å². The Hall–Kier alpha value is -0.810. The first kappa shape index (κ1) is 18.2. The van der Waals surface area contributed by atoms with E-state index in [1.165, 1.54) is 0 Å². The number of aliphatic hydroxyl groups excluding tert-OH is 1. The number of benzene rings is 1. The highest BCUT2D eigenvalue weighted by atomic mass is 35.5. The summed E-state index contributed by atoms with van der Waals surface area (Å²) in [7, 11) is 0. The third-order valence-electron chi connectivity index (χ3n) is 3.95. The zero-order chi connectivity index (χ0) is 16.0. The van der Waals surface area contributed by atoms with Gasteiger partial charge in [0.15, 0.2) is 0 Å². The molecule has 21 heavy (non-hydrogen) atoms. The van der Waals surface area contributed by atoms with E-state index in [-0.39, 0.29) is 19.0 Å². The van der Waals surface area contributed by atoms with Crippen LogP contribution in [0.15, 0.2) is 18.2 Å². The van der Waals surface area contributed by atoms with Crippen molar-refractivity contribution in [3.63, 3.8) is 0 Å². The number of nitrogens with two attached hydrogens (primary N) is 1. The fraction of sp³-hybridized carbons (Fsp3) is 0.533. The van der Waals surface area contributed by atoms with E-state index in [0.29, 0.717) is 28.5 Å². The van der Waals surface area contributed by atoms with Crippen molar-refractivity contribution in [3.05, 3.63) is 33.8 Å². The lowest BCUT2D eigenvalue weighted by molar-refractivity contribution is -0.131. The van der Waals surface area contributed by atoms with Gasteiger partial charge in [-0.2, -0.15) is 0 Å². The predicted octanol–water partition coefficient (Wildman–Crippen LogP) is 2.91. The quantitative estimate of drug-likeness (QED) is 0.718. The van der Waals surface area contributed by atoms with Crippen molar-refractivity contribution in [1.29, 1.82) is 0 Å². The highest BCUT2D eigenvalue weighted by molar-refractivity contribution is 6.34. The number of carbonyl (C=O) groups excluding carboxylic acids is 1. The molecule has 4 nitrogen and oxygen atoms in total. The van der Waals surface area contributed by atoms with Crippen LogP contribution in [0, 0.1) is 5.41 Å². The van der Waals surface area contributed by atoms with Gasteiger partial charge in [0.05, 0.1) is 11.5 Å². The van der Waals surface area contributed by atoms with Gasteiger partial charge in [-0.1, -0.05) is 37.0 Å². The van der Waals surface area contributed by atoms with Crippen molar-refractivity contribution in [1.82, 2.24) is 5.32 Å². The number of amides is 1. The average Bonchev–Trinajstić information content (AvgIpc) is 2.46. The first-order chi connectivity index (χ1) is 9.88. The molecular weight excluding hydrogens is 311 g/mol. The first-order valence-corrected chi connectivity index (χ1v) is 7.76. The minimum Gasteiger partial charge on any atom is -0.387 e. The topological polar surface area (TPSA) is 75.4 Å². The molecule has 1 rings (SSSR count). The Labute approximate surface area is 135 Å². The lowest BCUT2D eigenvalue weighted by Crippen LogP contribution is -2.46. The molecule has 0 heterocycles. The van der Waals surface area contributed by atoms with Gasteiger partial charge in [0, 0.05) is 23.1 Å². The molecule has 0 aliphatic carbocycles. The van der Waals surface area contributed by atoms with E-state index in [1.54, 1.807) is 18.2 Å². The van der Waals surface area contributed by atoms with Crippen LogP contribution in [-0.4, -0.2) is 24.1 Å². The van der Waals surface area contributed by atoms with Crippen LogP contribution in [-0.2, 0) is 4.79 Å². The second-order valence-electron chi connectivity index (χ2n) is 5.12. The Balaban J connectivity index is 2.72. The molecule has 118 valence electrons. The third-order valence-corrected chi connectivity index (χ3v) is 4.39. The summed E-state index contributed by atoms with van der Waals surface area (Å²) in [6.07, 6.45) is 0.449. The van der Waals surface area contributed by atoms with Crippen molar-refractivity contribution < 1.29 is 9.90 Å². The largest absolute Gasteiger partial charge is 0.387 e. The SMILES string of the molecule is CCC(CC)(CN)C(=O)NCC(O)c1cc(Cl)cc(Cl)c1. The fourth-order valence-electron chi connectivity index (χ4n) is 2.21. The van der Waals surface area contributed by atoms with Crippen molar-refractivity contribution in [2.45, 2.75) is 32.8 Å². The summed E-state index contributed by atoms with van der Waals surface area (Å²) in [4.78, 5) is 12.3. The average molecular weight is 333 g/mol. The van der Waals surface area contributed by atoms with E-state index < -0.39 is 11.5 Å². The zero-order valence-corrected chi connectivity index (χ0v) is 13.8. The summed E-state index contributed by atoms with van der Waals surface area (Å²) in [6.45, 7) is 4.24. The van der Waals surface area contributed by atoms with Crippen LogP contribution in [0.25, 0.3) is 0 Å². The summed E-state index contributed by atoms with van der Waals surface area (Å²) in [5, 5.41) is 13.8. The summed E-state index contributed by atoms with van der Waals surface area (Å²) < 4.78 is 0. The number of aliphatic hydroxyl groups is 1. The molecule has 0 fully saturated rings. The van der Waals surface area contributed by atoms with Gasteiger partial charge in [0.1, 0.15) is 0 Å². The Bertz CT molecular complexity index is 462. The van der Waals surface area contributed by atoms with Crippen LogP contribution in [0.2, 0.25) is 10.0 Å². The van der Waals surface area contributed by atoms with E-state index in [1.807, 2.05) is 13.8 Å². The maximum atomic E-state index is 12.3. The lowest BCUT2D eigenvalue weighted by atomic mass is 9.81. The van der Waals surface area contributed by atoms with Gasteiger partial charge in [-0.05, 0) is 36.6 Å². The molecule has 1 unspecified atom stereocenters. The molecular formula is C15H22Cl2N2O2. The molecule has 0 aliphatic rings. The van der Waals surface area contributed by atoms with Crippen LogP contribution in [0.1, 0.15) is 38.4 Å². The molecule has 0 saturated carbocycles. The van der Waals surface area contributed by atoms with Crippen LogP contribution in [0.5, 0.6) is 0 Å². The van der Waals surface area contributed by atoms with Gasteiger partial charge in [-0.15, -0.1) is 0 Å². The molecule has 1 aromatic rings. The van der Waals surface area contributed by atoms with E-state index in [9.17, 15) is 9.90 Å². The molecule has 4 N–H and O–H groups in total. The van der Waals surface area contributed by atoms with Crippen molar-refractivity contribution in [3.8, 4) is 0 Å². The second-order valence-corrected chi connectivity index (χ2v) is 5.99. The Morgan fingerprint density at radius 2 is 1.81 bits per heavy atom. The van der Waals surface area contributed by atoms with E-state index >= 15 is 0 Å². The predicted molar refractivity (Wildman–Crippen MR) is 86.5 cm³/mol. The molecule has 0 saturated heterocycles. The first-order valence-electron chi connectivity index (χ1n) is 7.01. The van der Waals surface area contributed by atoms with Crippen LogP contribution < -0.4 is 11.1 Å². The van der Waals surface area contributed by atoms with Gasteiger partial charge in [-0.3, -0.25) is 4.79 Å². The normalized spacial score (nSPS) is 13.0. The number of halogens is 2. The van der Waals surface area contributed by atoms with Crippen molar-refractivity contribution in [2.24, 2.45) is 11.1 Å². The van der Waals surface area contributed by atoms with Crippen molar-refractivity contribution in [2.75, 3.05) is 13.1 Å². The van der Waals surface area contributed by atoms with Crippen molar-refractivity contribution >= 4 is 29.1 Å². The standard InChI is InChI=1S/C15H22Cl2N2O2/c1-3-15(4-2,9-18)14(21)19-8-13(20)10-5-11(16)7-12(17)6-10/h5-7,13,20H,3-4,8-9,18H2,1-2H3,(H,19,21). The van der Waals surface area contributed by atoms with Crippen LogP contribution >= 0.6 is 23.2 Å². The summed E-state index contributed by atoms with van der Waals surface area (Å²) >= 11 is 11.8. The molecule has 1 aromatic carbocycles. The molecule has 0 radical (unpaired) electrons. The molecule has 1 atom stereocenters. The van der Waals surface area contributed by atoms with Crippen LogP contribution in [0.3, 0.4) is 0 Å². The van der Waals surface area contributed by atoms with E-state index in [4.69, 9.17) is 28.9 Å². The molecule has 1 amide bonds. The smallest absolute Gasteiger partial charge is 0.227 e. The third kappa shape index (κ3) is 4.58. The van der Waals surface area contributed by atoms with Crippen LogP contribution in [0.4, 0.5) is 0 Å². The molecule has 6 heteroatoms. The molecule has 0 bridgehead atoms. The Morgan fingerprint density at radius 1 is 1.29 bits per heavy atom. The molecule has 0 aliphatic heterocycles. The number of hydrogen-bond acceptors (Lipinski definition) is 3. The summed E-state index contributed by atoms with van der Waals surface area (Å²) in [6, 6.07) is 4.84. The fourth-order valence-corrected chi connectivity index (χ4v) is 2.76. The molecule has 0 aromatic heterocycles. The number of carbonyl (C=O) groups is 1. The maximum absolute atomic E-state index is 12.3. The van der Waals surface area contributed by atoms with Gasteiger partial charge >= 0.3 is 0 Å². The van der Waals surface area contributed by atoms with E-state index in [0.717, 1.165) is 0 Å². The number of nitrogens with one attached hydrogen (secondary N) is 1. The lowest BCUT2D eigenvalue weighted by Gasteiger charge is -2.29. The Kier molecular flexibility index (Phi) is 6.94. The monoisotopic (exact) mass is 332 g/mol. The maximum Gasteiger partial charge on any atom is 0.227 e. The Morgan fingerprint density at radius 3 is 2.24 bits per heavy atom. The second kappa shape index (κ2) is 7.99. The zero-order valence-electron chi connectivity index (χ0n) is 12.3. The highest BCUT2D eigenvalue weighted by Crippen LogP contribution is 2.26. The van der Waals surface area contributed by atoms with Gasteiger partial charge in [-0.25, -0.2) is 0 Å². The number of hydrogen-bond donors (Lipinski definition) is 3. The van der Waals surface area contributed by atoms with Gasteiger partial charge < -0.3 is 16.2 Å². The summed E-state index contributed by atoms with van der Waals surface area (Å²) in [5.74, 6) is -0.137.